The lowest BCUT2D eigenvalue weighted by Crippen LogP contribution is -2.14. The minimum Gasteiger partial charge on any atom is -0.325 e. The Morgan fingerprint density at radius 2 is 1.86 bits per heavy atom. The molecule has 0 bridgehead atoms. The lowest BCUT2D eigenvalue weighted by Gasteiger charge is -2.05. The summed E-state index contributed by atoms with van der Waals surface area (Å²) in [6.45, 7) is 2.06. The molecule has 9 heteroatoms. The lowest BCUT2D eigenvalue weighted by atomic mass is 10.1. The molecule has 0 aliphatic heterocycles. The fourth-order valence-electron chi connectivity index (χ4n) is 2.27. The molecule has 3 rings (SSSR count). The van der Waals surface area contributed by atoms with E-state index in [4.69, 9.17) is 11.6 Å². The van der Waals surface area contributed by atoms with Gasteiger partial charge in [-0.3, -0.25) is 9.59 Å². The number of amides is 2. The molecule has 6 nitrogen and oxygen atoms in total. The largest absolute Gasteiger partial charge is 0.325 e. The van der Waals surface area contributed by atoms with Crippen LogP contribution in [0.1, 0.15) is 22.3 Å². The maximum absolute atomic E-state index is 12.2. The molecule has 0 fully saturated rings. The summed E-state index contributed by atoms with van der Waals surface area (Å²) in [6.07, 6.45) is 0.907. The third-order valence-corrected chi connectivity index (χ3v) is 5.96. The van der Waals surface area contributed by atoms with E-state index in [1.54, 1.807) is 24.3 Å². The molecule has 0 atom stereocenters. The van der Waals surface area contributed by atoms with Gasteiger partial charge in [-0.05, 0) is 48.4 Å². The Morgan fingerprint density at radius 3 is 2.61 bits per heavy atom. The minimum atomic E-state index is -0.354. The van der Waals surface area contributed by atoms with Gasteiger partial charge in [-0.15, -0.1) is 10.2 Å². The molecule has 0 radical (unpaired) electrons. The number of aryl methyl sites for hydroxylation is 1. The average Bonchev–Trinajstić information content (AvgIpc) is 3.17. The Kier molecular flexibility index (Phi) is 7.02. The number of nitrogens with zero attached hydrogens (tertiary/aromatic N) is 2. The van der Waals surface area contributed by atoms with E-state index in [0.29, 0.717) is 15.0 Å². The topological polar surface area (TPSA) is 84.0 Å². The van der Waals surface area contributed by atoms with Gasteiger partial charge in [0.05, 0.1) is 5.75 Å². The highest BCUT2D eigenvalue weighted by atomic mass is 35.5. The zero-order valence-corrected chi connectivity index (χ0v) is 17.3. The molecule has 144 valence electrons. The summed E-state index contributed by atoms with van der Waals surface area (Å²) in [6, 6.07) is 14.5. The first kappa shape index (κ1) is 20.3. The standard InChI is InChI=1S/C19H17ClN4O2S2/c1-2-12-4-3-5-15(10-12)21-16(25)11-27-19-24-23-18(28-19)17(26)22-14-8-6-13(20)7-9-14/h3-10H,2,11H2,1H3,(H,21,25)(H,22,26). The minimum absolute atomic E-state index is 0.138. The van der Waals surface area contributed by atoms with Gasteiger partial charge in [0.1, 0.15) is 0 Å². The Hall–Kier alpha value is -2.42. The number of thioether (sulfide) groups is 1. The zero-order valence-electron chi connectivity index (χ0n) is 14.9. The number of anilines is 2. The fraction of sp³-hybridized carbons (Fsp3) is 0.158. The van der Waals surface area contributed by atoms with Gasteiger partial charge < -0.3 is 10.6 Å². The first-order valence-electron chi connectivity index (χ1n) is 8.45. The summed E-state index contributed by atoms with van der Waals surface area (Å²) in [4.78, 5) is 24.4. The van der Waals surface area contributed by atoms with Crippen LogP contribution >= 0.6 is 34.7 Å². The van der Waals surface area contributed by atoms with Crippen LogP contribution in [0.2, 0.25) is 5.02 Å². The number of halogens is 1. The molecular formula is C19H17ClN4O2S2. The second-order valence-corrected chi connectivity index (χ2v) is 8.36. The van der Waals surface area contributed by atoms with Gasteiger partial charge in [-0.2, -0.15) is 0 Å². The van der Waals surface area contributed by atoms with Crippen molar-refractivity contribution in [2.24, 2.45) is 0 Å². The number of aromatic nitrogens is 2. The summed E-state index contributed by atoms with van der Waals surface area (Å²) in [5.41, 5.74) is 2.55. The molecule has 0 saturated heterocycles. The summed E-state index contributed by atoms with van der Waals surface area (Å²) < 4.78 is 0.554. The Balaban J connectivity index is 1.51. The van der Waals surface area contributed by atoms with Gasteiger partial charge in [-0.25, -0.2) is 0 Å². The highest BCUT2D eigenvalue weighted by molar-refractivity contribution is 8.01. The van der Waals surface area contributed by atoms with Crippen LogP contribution in [0.3, 0.4) is 0 Å². The van der Waals surface area contributed by atoms with Crippen molar-refractivity contribution in [1.29, 1.82) is 0 Å². The normalized spacial score (nSPS) is 10.5. The van der Waals surface area contributed by atoms with Crippen molar-refractivity contribution in [3.8, 4) is 0 Å². The van der Waals surface area contributed by atoms with Crippen molar-refractivity contribution in [2.45, 2.75) is 17.7 Å². The van der Waals surface area contributed by atoms with Gasteiger partial charge in [0.2, 0.25) is 10.9 Å². The van der Waals surface area contributed by atoms with Crippen LogP contribution < -0.4 is 10.6 Å². The number of rotatable bonds is 7. The van der Waals surface area contributed by atoms with Crippen molar-refractivity contribution < 1.29 is 9.59 Å². The number of hydrogen-bond acceptors (Lipinski definition) is 6. The van der Waals surface area contributed by atoms with Crippen LogP contribution in [0.4, 0.5) is 11.4 Å². The Bertz CT molecular complexity index is 976. The van der Waals surface area contributed by atoms with Crippen molar-refractivity contribution in [1.82, 2.24) is 10.2 Å². The number of benzene rings is 2. The van der Waals surface area contributed by atoms with E-state index < -0.39 is 0 Å². The molecule has 3 aromatic rings. The first-order chi connectivity index (χ1) is 13.5. The van der Waals surface area contributed by atoms with Crippen molar-refractivity contribution in [2.75, 3.05) is 16.4 Å². The van der Waals surface area contributed by atoms with Crippen LogP contribution in [0.25, 0.3) is 0 Å². The molecule has 2 amide bonds. The SMILES string of the molecule is CCc1cccc(NC(=O)CSc2nnc(C(=O)Nc3ccc(Cl)cc3)s2)c1. The maximum atomic E-state index is 12.2. The number of carbonyl (C=O) groups is 2. The van der Waals surface area contributed by atoms with Gasteiger partial charge in [0.25, 0.3) is 5.91 Å². The van der Waals surface area contributed by atoms with Crippen LogP contribution in [-0.4, -0.2) is 27.8 Å². The molecule has 0 saturated carbocycles. The highest BCUT2D eigenvalue weighted by Gasteiger charge is 2.14. The fourth-order valence-corrected chi connectivity index (χ4v) is 3.94. The number of carbonyl (C=O) groups excluding carboxylic acids is 2. The van der Waals surface area contributed by atoms with Gasteiger partial charge in [0.15, 0.2) is 4.34 Å². The molecule has 0 unspecified atom stereocenters. The molecule has 0 aliphatic rings. The van der Waals surface area contributed by atoms with Gasteiger partial charge in [0, 0.05) is 16.4 Å². The lowest BCUT2D eigenvalue weighted by molar-refractivity contribution is -0.113. The van der Waals surface area contributed by atoms with E-state index in [-0.39, 0.29) is 22.6 Å². The van der Waals surface area contributed by atoms with Crippen LogP contribution in [0.5, 0.6) is 0 Å². The quantitative estimate of drug-likeness (QED) is 0.527. The monoisotopic (exact) mass is 432 g/mol. The van der Waals surface area contributed by atoms with E-state index in [2.05, 4.69) is 27.8 Å². The zero-order chi connectivity index (χ0) is 19.9. The Morgan fingerprint density at radius 1 is 1.07 bits per heavy atom. The van der Waals surface area contributed by atoms with Gasteiger partial charge >= 0.3 is 0 Å². The predicted octanol–water partition coefficient (Wildman–Crippen LogP) is 4.74. The third-order valence-electron chi connectivity index (χ3n) is 3.65. The molecule has 1 heterocycles. The van der Waals surface area contributed by atoms with Crippen molar-refractivity contribution >= 4 is 57.9 Å². The second kappa shape index (κ2) is 9.68. The molecule has 28 heavy (non-hydrogen) atoms. The Labute approximate surface area is 175 Å². The van der Waals surface area contributed by atoms with E-state index >= 15 is 0 Å². The van der Waals surface area contributed by atoms with E-state index in [9.17, 15) is 9.59 Å². The van der Waals surface area contributed by atoms with E-state index in [0.717, 1.165) is 29.0 Å². The summed E-state index contributed by atoms with van der Waals surface area (Å²) in [5, 5.41) is 14.3. The first-order valence-corrected chi connectivity index (χ1v) is 10.6. The van der Waals surface area contributed by atoms with Crippen LogP contribution in [0, 0.1) is 0 Å². The van der Waals surface area contributed by atoms with Gasteiger partial charge in [-0.1, -0.05) is 53.8 Å². The summed E-state index contributed by atoms with van der Waals surface area (Å²) in [7, 11) is 0. The van der Waals surface area contributed by atoms with E-state index in [1.165, 1.54) is 11.8 Å². The molecule has 2 aromatic carbocycles. The molecular weight excluding hydrogens is 416 g/mol. The maximum Gasteiger partial charge on any atom is 0.286 e. The molecule has 0 aliphatic carbocycles. The third kappa shape index (κ3) is 5.79. The summed E-state index contributed by atoms with van der Waals surface area (Å²) in [5.74, 6) is -0.308. The highest BCUT2D eigenvalue weighted by Crippen LogP contribution is 2.24. The van der Waals surface area contributed by atoms with Crippen LogP contribution in [-0.2, 0) is 11.2 Å². The number of nitrogens with one attached hydrogen (secondary N) is 2. The van der Waals surface area contributed by atoms with Crippen LogP contribution in [0.15, 0.2) is 52.9 Å². The molecule has 1 aromatic heterocycles. The van der Waals surface area contributed by atoms with Crippen molar-refractivity contribution in [3.05, 3.63) is 64.1 Å². The smallest absolute Gasteiger partial charge is 0.286 e. The predicted molar refractivity (Wildman–Crippen MR) is 114 cm³/mol. The van der Waals surface area contributed by atoms with Crippen molar-refractivity contribution in [3.63, 3.8) is 0 Å². The average molecular weight is 433 g/mol. The summed E-state index contributed by atoms with van der Waals surface area (Å²) >= 11 is 8.21. The van der Waals surface area contributed by atoms with E-state index in [1.807, 2.05) is 24.3 Å². The molecule has 0 spiro atoms. The second-order valence-electron chi connectivity index (χ2n) is 5.72. The number of hydrogen-bond donors (Lipinski definition) is 2. The molecule has 2 N–H and O–H groups in total.